The highest BCUT2D eigenvalue weighted by Gasteiger charge is 2.26. The number of carboxylic acid groups (broad SMARTS) is 1. The second kappa shape index (κ2) is 4.50. The maximum absolute atomic E-state index is 12.4. The highest BCUT2D eigenvalue weighted by Crippen LogP contribution is 2.27. The molecule has 0 aromatic carbocycles. The minimum absolute atomic E-state index is 0.397. The first-order chi connectivity index (χ1) is 7.34. The van der Waals surface area contributed by atoms with Crippen LogP contribution < -0.4 is 0 Å². The SMILES string of the molecule is CC(C(=O)O)n1nc(C(F)F)cc1C(F)F. The van der Waals surface area contributed by atoms with E-state index in [1.165, 1.54) is 0 Å². The largest absolute Gasteiger partial charge is 0.480 e. The molecule has 1 rings (SSSR count). The number of hydrogen-bond acceptors (Lipinski definition) is 2. The van der Waals surface area contributed by atoms with Crippen LogP contribution in [0.4, 0.5) is 17.6 Å². The molecule has 90 valence electrons. The molecule has 0 aliphatic carbocycles. The normalized spacial score (nSPS) is 13.4. The van der Waals surface area contributed by atoms with Gasteiger partial charge in [0, 0.05) is 0 Å². The highest BCUT2D eigenvalue weighted by molar-refractivity contribution is 5.71. The van der Waals surface area contributed by atoms with Crippen LogP contribution in [0, 0.1) is 0 Å². The van der Waals surface area contributed by atoms with E-state index in [2.05, 4.69) is 5.10 Å². The average molecular weight is 240 g/mol. The summed E-state index contributed by atoms with van der Waals surface area (Å²) in [5.41, 5.74) is -1.69. The molecule has 1 N–H and O–H groups in total. The average Bonchev–Trinajstić information content (AvgIpc) is 2.60. The van der Waals surface area contributed by atoms with Gasteiger partial charge in [0.05, 0.1) is 0 Å². The van der Waals surface area contributed by atoms with Crippen LogP contribution >= 0.6 is 0 Å². The van der Waals surface area contributed by atoms with Crippen molar-refractivity contribution in [3.05, 3.63) is 17.5 Å². The Labute approximate surface area is 87.5 Å². The van der Waals surface area contributed by atoms with Crippen LogP contribution in [0.3, 0.4) is 0 Å². The molecule has 1 heterocycles. The van der Waals surface area contributed by atoms with Crippen molar-refractivity contribution in [3.63, 3.8) is 0 Å². The van der Waals surface area contributed by atoms with Crippen molar-refractivity contribution in [2.45, 2.75) is 25.8 Å². The standard InChI is InChI=1S/C8H8F4N2O2/c1-3(8(15)16)14-5(7(11)12)2-4(13-14)6(9)10/h2-3,6-7H,1H3,(H,15,16). The fourth-order valence-corrected chi connectivity index (χ4v) is 1.11. The van der Waals surface area contributed by atoms with Crippen molar-refractivity contribution in [1.82, 2.24) is 9.78 Å². The lowest BCUT2D eigenvalue weighted by Crippen LogP contribution is -2.19. The molecular weight excluding hydrogens is 232 g/mol. The molecule has 0 fully saturated rings. The number of halogens is 4. The summed E-state index contributed by atoms with van der Waals surface area (Å²) in [4.78, 5) is 10.6. The van der Waals surface area contributed by atoms with Gasteiger partial charge >= 0.3 is 5.97 Å². The predicted octanol–water partition coefficient (Wildman–Crippen LogP) is 2.40. The zero-order valence-electron chi connectivity index (χ0n) is 8.07. The summed E-state index contributed by atoms with van der Waals surface area (Å²) in [6.45, 7) is 1.08. The Kier molecular flexibility index (Phi) is 3.51. The zero-order chi connectivity index (χ0) is 12.5. The van der Waals surface area contributed by atoms with Crippen molar-refractivity contribution in [3.8, 4) is 0 Å². The van der Waals surface area contributed by atoms with Crippen molar-refractivity contribution in [2.24, 2.45) is 0 Å². The summed E-state index contributed by atoms with van der Waals surface area (Å²) in [7, 11) is 0. The second-order valence-corrected chi connectivity index (χ2v) is 3.05. The summed E-state index contributed by atoms with van der Waals surface area (Å²) in [5, 5.41) is 11.8. The fraction of sp³-hybridized carbons (Fsp3) is 0.500. The molecule has 0 aliphatic heterocycles. The molecule has 0 amide bonds. The quantitative estimate of drug-likeness (QED) is 0.822. The van der Waals surface area contributed by atoms with Crippen LogP contribution in [0.25, 0.3) is 0 Å². The van der Waals surface area contributed by atoms with E-state index < -0.39 is 36.2 Å². The van der Waals surface area contributed by atoms with Crippen LogP contribution in [0.1, 0.15) is 37.2 Å². The van der Waals surface area contributed by atoms with Crippen LogP contribution in [0.15, 0.2) is 6.07 Å². The van der Waals surface area contributed by atoms with Gasteiger partial charge in [0.25, 0.3) is 12.9 Å². The third-order valence-electron chi connectivity index (χ3n) is 1.95. The smallest absolute Gasteiger partial charge is 0.328 e. The first kappa shape index (κ1) is 12.5. The zero-order valence-corrected chi connectivity index (χ0v) is 8.07. The molecule has 16 heavy (non-hydrogen) atoms. The molecule has 0 saturated heterocycles. The molecule has 1 unspecified atom stereocenters. The first-order valence-corrected chi connectivity index (χ1v) is 4.23. The number of rotatable bonds is 4. The van der Waals surface area contributed by atoms with E-state index in [-0.39, 0.29) is 0 Å². The monoisotopic (exact) mass is 240 g/mol. The number of carboxylic acids is 1. The van der Waals surface area contributed by atoms with E-state index in [9.17, 15) is 22.4 Å². The van der Waals surface area contributed by atoms with Gasteiger partial charge in [-0.05, 0) is 13.0 Å². The molecule has 0 spiro atoms. The van der Waals surface area contributed by atoms with Gasteiger partial charge in [-0.25, -0.2) is 27.0 Å². The predicted molar refractivity (Wildman–Crippen MR) is 44.5 cm³/mol. The Morgan fingerprint density at radius 1 is 1.38 bits per heavy atom. The molecule has 8 heteroatoms. The van der Waals surface area contributed by atoms with Gasteiger partial charge < -0.3 is 5.11 Å². The minimum atomic E-state index is -3.05. The summed E-state index contributed by atoms with van der Waals surface area (Å²) in [6, 6.07) is -0.911. The number of aliphatic carboxylic acids is 1. The van der Waals surface area contributed by atoms with Gasteiger partial charge in [-0.15, -0.1) is 0 Å². The van der Waals surface area contributed by atoms with Gasteiger partial charge in [0.1, 0.15) is 17.4 Å². The lowest BCUT2D eigenvalue weighted by Gasteiger charge is -2.10. The van der Waals surface area contributed by atoms with Crippen molar-refractivity contribution in [2.75, 3.05) is 0 Å². The topological polar surface area (TPSA) is 55.1 Å². The molecule has 4 nitrogen and oxygen atoms in total. The van der Waals surface area contributed by atoms with E-state index >= 15 is 0 Å². The molecular formula is C8H8F4N2O2. The third-order valence-corrected chi connectivity index (χ3v) is 1.95. The van der Waals surface area contributed by atoms with Gasteiger partial charge in [-0.1, -0.05) is 0 Å². The van der Waals surface area contributed by atoms with E-state index in [0.717, 1.165) is 6.92 Å². The van der Waals surface area contributed by atoms with E-state index in [0.29, 0.717) is 10.7 Å². The minimum Gasteiger partial charge on any atom is -0.480 e. The highest BCUT2D eigenvalue weighted by atomic mass is 19.3. The van der Waals surface area contributed by atoms with Crippen LogP contribution in [0.2, 0.25) is 0 Å². The van der Waals surface area contributed by atoms with Crippen LogP contribution in [-0.2, 0) is 4.79 Å². The molecule has 1 atom stereocenters. The van der Waals surface area contributed by atoms with Crippen LogP contribution in [-0.4, -0.2) is 20.9 Å². The molecule has 1 aromatic rings. The van der Waals surface area contributed by atoms with E-state index in [1.54, 1.807) is 0 Å². The summed E-state index contributed by atoms with van der Waals surface area (Å²) < 4.78 is 49.7. The Bertz CT molecular complexity index is 391. The summed E-state index contributed by atoms with van der Waals surface area (Å²) >= 11 is 0. The molecule has 0 radical (unpaired) electrons. The molecule has 0 aliphatic rings. The second-order valence-electron chi connectivity index (χ2n) is 3.05. The number of hydrogen-bond donors (Lipinski definition) is 1. The summed E-state index contributed by atoms with van der Waals surface area (Å²) in [5.74, 6) is -1.43. The number of aromatic nitrogens is 2. The number of nitrogens with zero attached hydrogens (tertiary/aromatic N) is 2. The number of carbonyl (C=O) groups is 1. The van der Waals surface area contributed by atoms with Crippen molar-refractivity contribution >= 4 is 5.97 Å². The molecule has 0 saturated carbocycles. The third kappa shape index (κ3) is 2.31. The Balaban J connectivity index is 3.20. The molecule has 1 aromatic heterocycles. The van der Waals surface area contributed by atoms with Gasteiger partial charge in [0.2, 0.25) is 0 Å². The van der Waals surface area contributed by atoms with Crippen LogP contribution in [0.5, 0.6) is 0 Å². The number of alkyl halides is 4. The van der Waals surface area contributed by atoms with Crippen molar-refractivity contribution in [1.29, 1.82) is 0 Å². The fourth-order valence-electron chi connectivity index (χ4n) is 1.11. The lowest BCUT2D eigenvalue weighted by atomic mass is 10.3. The Hall–Kier alpha value is -1.60. The van der Waals surface area contributed by atoms with Gasteiger partial charge in [-0.3, -0.25) is 0 Å². The maximum atomic E-state index is 12.4. The lowest BCUT2D eigenvalue weighted by molar-refractivity contribution is -0.140. The Morgan fingerprint density at radius 3 is 2.31 bits per heavy atom. The Morgan fingerprint density at radius 2 is 1.94 bits per heavy atom. The summed E-state index contributed by atoms with van der Waals surface area (Å²) in [6.07, 6.45) is -6.07. The van der Waals surface area contributed by atoms with Gasteiger partial charge in [0.15, 0.2) is 0 Å². The van der Waals surface area contributed by atoms with Gasteiger partial charge in [-0.2, -0.15) is 5.10 Å². The van der Waals surface area contributed by atoms with E-state index in [1.807, 2.05) is 0 Å². The van der Waals surface area contributed by atoms with E-state index in [4.69, 9.17) is 5.11 Å². The first-order valence-electron chi connectivity index (χ1n) is 4.23. The maximum Gasteiger partial charge on any atom is 0.328 e. The molecule has 0 bridgehead atoms. The van der Waals surface area contributed by atoms with Crippen molar-refractivity contribution < 1.29 is 27.5 Å².